The highest BCUT2D eigenvalue weighted by Crippen LogP contribution is 2.14. The molecule has 0 fully saturated rings. The van der Waals surface area contributed by atoms with Crippen molar-refractivity contribution in [3.63, 3.8) is 0 Å². The zero-order valence-corrected chi connectivity index (χ0v) is 11.5. The number of hydrogen-bond acceptors (Lipinski definition) is 1. The van der Waals surface area contributed by atoms with Gasteiger partial charge in [-0.2, -0.15) is 0 Å². The molecule has 0 saturated heterocycles. The minimum Gasteiger partial charge on any atom is -0.351 e. The maximum absolute atomic E-state index is 3.57. The van der Waals surface area contributed by atoms with Crippen LogP contribution in [0.1, 0.15) is 36.7 Å². The Labute approximate surface area is 110 Å². The zero-order chi connectivity index (χ0) is 13.0. The Kier molecular flexibility index (Phi) is 4.21. The van der Waals surface area contributed by atoms with Gasteiger partial charge in [0.1, 0.15) is 0 Å². The molecule has 0 aliphatic heterocycles. The molecule has 1 heterocycles. The monoisotopic (exact) mass is 242 g/mol. The van der Waals surface area contributed by atoms with E-state index in [4.69, 9.17) is 0 Å². The number of rotatable bonds is 5. The summed E-state index contributed by atoms with van der Waals surface area (Å²) in [6.45, 7) is 8.45. The topological polar surface area (TPSA) is 17.0 Å². The van der Waals surface area contributed by atoms with E-state index in [9.17, 15) is 0 Å². The molecule has 0 amide bonds. The van der Waals surface area contributed by atoms with E-state index in [0.29, 0.717) is 6.04 Å². The van der Waals surface area contributed by atoms with Gasteiger partial charge in [0, 0.05) is 31.0 Å². The fourth-order valence-electron chi connectivity index (χ4n) is 2.15. The van der Waals surface area contributed by atoms with Gasteiger partial charge in [0.25, 0.3) is 0 Å². The van der Waals surface area contributed by atoms with Crippen molar-refractivity contribution in [3.05, 3.63) is 59.4 Å². The van der Waals surface area contributed by atoms with Crippen molar-refractivity contribution in [2.24, 2.45) is 0 Å². The van der Waals surface area contributed by atoms with E-state index < -0.39 is 0 Å². The molecule has 0 aliphatic rings. The number of hydrogen-bond donors (Lipinski definition) is 1. The lowest BCUT2D eigenvalue weighted by atomic mass is 10.1. The Hall–Kier alpha value is -1.54. The summed E-state index contributed by atoms with van der Waals surface area (Å²) in [7, 11) is 0. The molecular formula is C16H22N2. The SMILES string of the molecule is CCn1cccc1CN[C@@H](C)c1ccc(C)cc1. The van der Waals surface area contributed by atoms with E-state index in [2.05, 4.69) is 73.3 Å². The summed E-state index contributed by atoms with van der Waals surface area (Å²) in [5.74, 6) is 0. The third-order valence-corrected chi connectivity index (χ3v) is 3.43. The second-order valence-electron chi connectivity index (χ2n) is 4.80. The number of benzene rings is 1. The lowest BCUT2D eigenvalue weighted by molar-refractivity contribution is 0.549. The molecule has 0 spiro atoms. The van der Waals surface area contributed by atoms with Gasteiger partial charge in [-0.1, -0.05) is 29.8 Å². The number of nitrogens with one attached hydrogen (secondary N) is 1. The van der Waals surface area contributed by atoms with Crippen molar-refractivity contribution in [2.75, 3.05) is 0 Å². The van der Waals surface area contributed by atoms with Gasteiger partial charge < -0.3 is 9.88 Å². The summed E-state index contributed by atoms with van der Waals surface area (Å²) in [4.78, 5) is 0. The summed E-state index contributed by atoms with van der Waals surface area (Å²) in [5.41, 5.74) is 4.00. The van der Waals surface area contributed by atoms with Gasteiger partial charge in [0.2, 0.25) is 0 Å². The molecule has 2 aromatic rings. The van der Waals surface area contributed by atoms with E-state index >= 15 is 0 Å². The van der Waals surface area contributed by atoms with Crippen LogP contribution >= 0.6 is 0 Å². The Morgan fingerprint density at radius 1 is 1.17 bits per heavy atom. The molecule has 1 atom stereocenters. The van der Waals surface area contributed by atoms with Crippen molar-refractivity contribution in [2.45, 2.75) is 39.9 Å². The Morgan fingerprint density at radius 3 is 2.56 bits per heavy atom. The third kappa shape index (κ3) is 3.02. The van der Waals surface area contributed by atoms with Gasteiger partial charge in [-0.05, 0) is 38.5 Å². The Morgan fingerprint density at radius 2 is 1.89 bits per heavy atom. The van der Waals surface area contributed by atoms with Crippen molar-refractivity contribution >= 4 is 0 Å². The molecule has 0 saturated carbocycles. The molecular weight excluding hydrogens is 220 g/mol. The Balaban J connectivity index is 1.96. The quantitative estimate of drug-likeness (QED) is 0.846. The molecule has 0 aliphatic carbocycles. The predicted octanol–water partition coefficient (Wildman–Crippen LogP) is 3.67. The highest BCUT2D eigenvalue weighted by atomic mass is 15.0. The van der Waals surface area contributed by atoms with E-state index in [1.165, 1.54) is 16.8 Å². The first-order chi connectivity index (χ1) is 8.70. The van der Waals surface area contributed by atoms with Crippen LogP contribution in [-0.4, -0.2) is 4.57 Å². The normalized spacial score (nSPS) is 12.6. The summed E-state index contributed by atoms with van der Waals surface area (Å²) in [6.07, 6.45) is 2.13. The lowest BCUT2D eigenvalue weighted by Crippen LogP contribution is -2.19. The minimum absolute atomic E-state index is 0.380. The molecule has 1 N–H and O–H groups in total. The van der Waals surface area contributed by atoms with Gasteiger partial charge in [-0.3, -0.25) is 0 Å². The van der Waals surface area contributed by atoms with Crippen LogP contribution in [0.3, 0.4) is 0 Å². The van der Waals surface area contributed by atoms with Crippen molar-refractivity contribution < 1.29 is 0 Å². The smallest absolute Gasteiger partial charge is 0.0364 e. The van der Waals surface area contributed by atoms with Gasteiger partial charge in [0.15, 0.2) is 0 Å². The summed E-state index contributed by atoms with van der Waals surface area (Å²) < 4.78 is 2.27. The summed E-state index contributed by atoms with van der Waals surface area (Å²) >= 11 is 0. The third-order valence-electron chi connectivity index (χ3n) is 3.43. The van der Waals surface area contributed by atoms with E-state index in [0.717, 1.165) is 13.1 Å². The van der Waals surface area contributed by atoms with Crippen molar-refractivity contribution in [1.29, 1.82) is 0 Å². The lowest BCUT2D eigenvalue weighted by Gasteiger charge is -2.15. The molecule has 1 aromatic carbocycles. The van der Waals surface area contributed by atoms with Crippen LogP contribution < -0.4 is 5.32 Å². The fraction of sp³-hybridized carbons (Fsp3) is 0.375. The number of nitrogens with zero attached hydrogens (tertiary/aromatic N) is 1. The first kappa shape index (κ1) is 12.9. The van der Waals surface area contributed by atoms with Gasteiger partial charge in [0.05, 0.1) is 0 Å². The Bertz CT molecular complexity index is 482. The van der Waals surface area contributed by atoms with Gasteiger partial charge in [-0.25, -0.2) is 0 Å². The molecule has 0 unspecified atom stereocenters. The highest BCUT2D eigenvalue weighted by Gasteiger charge is 2.05. The van der Waals surface area contributed by atoms with Crippen LogP contribution in [0, 0.1) is 6.92 Å². The van der Waals surface area contributed by atoms with E-state index in [1.54, 1.807) is 0 Å². The van der Waals surface area contributed by atoms with E-state index in [-0.39, 0.29) is 0 Å². The van der Waals surface area contributed by atoms with Crippen LogP contribution in [0.5, 0.6) is 0 Å². The second-order valence-corrected chi connectivity index (χ2v) is 4.80. The van der Waals surface area contributed by atoms with Crippen LogP contribution in [0.2, 0.25) is 0 Å². The van der Waals surface area contributed by atoms with Gasteiger partial charge >= 0.3 is 0 Å². The molecule has 18 heavy (non-hydrogen) atoms. The maximum Gasteiger partial charge on any atom is 0.0364 e. The highest BCUT2D eigenvalue weighted by molar-refractivity contribution is 5.23. The molecule has 0 radical (unpaired) electrons. The summed E-state index contributed by atoms with van der Waals surface area (Å²) in [5, 5.41) is 3.57. The average molecular weight is 242 g/mol. The van der Waals surface area contributed by atoms with Crippen LogP contribution in [0.25, 0.3) is 0 Å². The first-order valence-electron chi connectivity index (χ1n) is 6.64. The van der Waals surface area contributed by atoms with Crippen molar-refractivity contribution in [3.8, 4) is 0 Å². The van der Waals surface area contributed by atoms with Gasteiger partial charge in [-0.15, -0.1) is 0 Å². The van der Waals surface area contributed by atoms with Crippen LogP contribution in [0.4, 0.5) is 0 Å². The molecule has 96 valence electrons. The summed E-state index contributed by atoms with van der Waals surface area (Å²) in [6, 6.07) is 13.4. The molecule has 2 heteroatoms. The molecule has 0 bridgehead atoms. The van der Waals surface area contributed by atoms with Crippen molar-refractivity contribution in [1.82, 2.24) is 9.88 Å². The van der Waals surface area contributed by atoms with E-state index in [1.807, 2.05) is 0 Å². The minimum atomic E-state index is 0.380. The number of aromatic nitrogens is 1. The first-order valence-corrected chi connectivity index (χ1v) is 6.64. The largest absolute Gasteiger partial charge is 0.351 e. The molecule has 1 aromatic heterocycles. The average Bonchev–Trinajstić information content (AvgIpc) is 2.84. The van der Waals surface area contributed by atoms with Crippen LogP contribution in [0.15, 0.2) is 42.6 Å². The predicted molar refractivity (Wildman–Crippen MR) is 76.5 cm³/mol. The zero-order valence-electron chi connectivity index (χ0n) is 11.5. The molecule has 2 nitrogen and oxygen atoms in total. The second kappa shape index (κ2) is 5.87. The fourth-order valence-corrected chi connectivity index (χ4v) is 2.15. The number of aryl methyl sites for hydroxylation is 2. The maximum atomic E-state index is 3.57. The molecule has 2 rings (SSSR count). The van der Waals surface area contributed by atoms with Crippen LogP contribution in [-0.2, 0) is 13.1 Å². The standard InChI is InChI=1S/C16H22N2/c1-4-18-11-5-6-16(18)12-17-14(3)15-9-7-13(2)8-10-15/h5-11,14,17H,4,12H2,1-3H3/t14-/m0/s1.